The Kier molecular flexibility index (Phi) is 8.62. The smallest absolute Gasteiger partial charge is 0.335 e. The number of hydrogen-bond donors (Lipinski definition) is 2. The quantitative estimate of drug-likeness (QED) is 0.276. The van der Waals surface area contributed by atoms with Gasteiger partial charge >= 0.3 is 6.03 Å². The third-order valence-electron chi connectivity index (χ3n) is 5.52. The third-order valence-corrected chi connectivity index (χ3v) is 6.01. The SMILES string of the molecule is CCOc1ccc(N2C(=O)NC(=O)/C(=C\c3cc(Br)ccc3OCC(=O)Nc3ccccc3OC)C2=O)cc1. The van der Waals surface area contributed by atoms with E-state index in [0.29, 0.717) is 33.8 Å². The van der Waals surface area contributed by atoms with Gasteiger partial charge in [0.15, 0.2) is 6.61 Å². The summed E-state index contributed by atoms with van der Waals surface area (Å²) in [6.07, 6.45) is 1.31. The van der Waals surface area contributed by atoms with Crippen LogP contribution in [0, 0.1) is 0 Å². The number of urea groups is 1. The number of rotatable bonds is 9. The van der Waals surface area contributed by atoms with Crippen molar-refractivity contribution < 1.29 is 33.4 Å². The molecule has 0 spiro atoms. The number of para-hydroxylation sites is 2. The number of ether oxygens (including phenoxy) is 3. The van der Waals surface area contributed by atoms with Crippen molar-refractivity contribution in [3.05, 3.63) is 82.3 Å². The second-order valence-corrected chi connectivity index (χ2v) is 9.02. The molecule has 3 aromatic rings. The van der Waals surface area contributed by atoms with E-state index in [1.54, 1.807) is 66.7 Å². The average Bonchev–Trinajstić information content (AvgIpc) is 2.92. The second kappa shape index (κ2) is 12.3. The van der Waals surface area contributed by atoms with Gasteiger partial charge in [0.25, 0.3) is 17.7 Å². The zero-order valence-corrected chi connectivity index (χ0v) is 22.6. The molecule has 4 rings (SSSR count). The Morgan fingerprint density at radius 1 is 1.00 bits per heavy atom. The number of imide groups is 2. The fourth-order valence-corrected chi connectivity index (χ4v) is 4.13. The van der Waals surface area contributed by atoms with Gasteiger partial charge < -0.3 is 19.5 Å². The molecule has 10 nitrogen and oxygen atoms in total. The van der Waals surface area contributed by atoms with Crippen LogP contribution >= 0.6 is 15.9 Å². The maximum Gasteiger partial charge on any atom is 0.335 e. The van der Waals surface area contributed by atoms with E-state index in [-0.39, 0.29) is 23.6 Å². The van der Waals surface area contributed by atoms with E-state index in [9.17, 15) is 19.2 Å². The van der Waals surface area contributed by atoms with Gasteiger partial charge in [0.1, 0.15) is 22.8 Å². The molecule has 1 aliphatic heterocycles. The number of nitrogens with zero attached hydrogens (tertiary/aromatic N) is 1. The first-order valence-electron chi connectivity index (χ1n) is 11.8. The highest BCUT2D eigenvalue weighted by atomic mass is 79.9. The number of nitrogens with one attached hydrogen (secondary N) is 2. The number of barbiturate groups is 1. The Bertz CT molecular complexity index is 1450. The molecule has 0 aromatic heterocycles. The van der Waals surface area contributed by atoms with Crippen molar-refractivity contribution in [2.24, 2.45) is 0 Å². The first-order valence-corrected chi connectivity index (χ1v) is 12.6. The van der Waals surface area contributed by atoms with Crippen LogP contribution in [0.4, 0.5) is 16.2 Å². The van der Waals surface area contributed by atoms with Gasteiger partial charge in [-0.1, -0.05) is 28.1 Å². The maximum absolute atomic E-state index is 13.3. The molecular weight excluding hydrogens is 570 g/mol. The summed E-state index contributed by atoms with van der Waals surface area (Å²) >= 11 is 3.37. The molecule has 5 amide bonds. The largest absolute Gasteiger partial charge is 0.495 e. The molecule has 1 heterocycles. The van der Waals surface area contributed by atoms with Gasteiger partial charge in [-0.25, -0.2) is 9.69 Å². The highest BCUT2D eigenvalue weighted by Crippen LogP contribution is 2.29. The predicted molar refractivity (Wildman–Crippen MR) is 148 cm³/mol. The van der Waals surface area contributed by atoms with Gasteiger partial charge in [-0.05, 0) is 67.6 Å². The fourth-order valence-electron chi connectivity index (χ4n) is 3.75. The van der Waals surface area contributed by atoms with Crippen LogP contribution in [-0.4, -0.2) is 44.1 Å². The molecule has 0 saturated carbocycles. The summed E-state index contributed by atoms with van der Waals surface area (Å²) in [6, 6.07) is 17.3. The topological polar surface area (TPSA) is 123 Å². The minimum Gasteiger partial charge on any atom is -0.495 e. The van der Waals surface area contributed by atoms with Gasteiger partial charge in [0.2, 0.25) is 0 Å². The van der Waals surface area contributed by atoms with E-state index in [1.807, 2.05) is 6.92 Å². The van der Waals surface area contributed by atoms with Crippen molar-refractivity contribution in [3.63, 3.8) is 0 Å². The average molecular weight is 594 g/mol. The van der Waals surface area contributed by atoms with Crippen LogP contribution in [0.15, 0.2) is 76.8 Å². The Morgan fingerprint density at radius 3 is 2.46 bits per heavy atom. The first-order chi connectivity index (χ1) is 18.8. The van der Waals surface area contributed by atoms with Gasteiger partial charge in [-0.3, -0.25) is 19.7 Å². The number of hydrogen-bond acceptors (Lipinski definition) is 7. The number of benzene rings is 3. The Morgan fingerprint density at radius 2 is 1.74 bits per heavy atom. The number of anilines is 2. The standard InChI is InChI=1S/C28H24BrN3O7/c1-3-38-20-11-9-19(10-12-20)32-27(35)21(26(34)31-28(32)36)15-17-14-18(29)8-13-23(17)39-16-25(33)30-22-6-4-5-7-24(22)37-2/h4-15H,3,16H2,1-2H3,(H,30,33)(H,31,34,36)/b21-15+. The molecular formula is C28H24BrN3O7. The summed E-state index contributed by atoms with van der Waals surface area (Å²) in [4.78, 5) is 51.9. The van der Waals surface area contributed by atoms with Crippen molar-refractivity contribution in [2.75, 3.05) is 30.5 Å². The van der Waals surface area contributed by atoms with Crippen molar-refractivity contribution in [2.45, 2.75) is 6.92 Å². The third kappa shape index (κ3) is 6.44. The molecule has 1 saturated heterocycles. The fraction of sp³-hybridized carbons (Fsp3) is 0.143. The molecule has 11 heteroatoms. The normalized spacial score (nSPS) is 14.2. The molecule has 200 valence electrons. The van der Waals surface area contributed by atoms with Crippen LogP contribution < -0.4 is 29.7 Å². The highest BCUT2D eigenvalue weighted by molar-refractivity contribution is 9.10. The first kappa shape index (κ1) is 27.4. The lowest BCUT2D eigenvalue weighted by molar-refractivity contribution is -0.122. The summed E-state index contributed by atoms with van der Waals surface area (Å²) in [5.74, 6) is -0.803. The molecule has 0 unspecified atom stereocenters. The monoisotopic (exact) mass is 593 g/mol. The van der Waals surface area contributed by atoms with Crippen LogP contribution in [0.25, 0.3) is 6.08 Å². The molecule has 0 aliphatic carbocycles. The summed E-state index contributed by atoms with van der Waals surface area (Å²) < 4.78 is 17.0. The van der Waals surface area contributed by atoms with E-state index >= 15 is 0 Å². The lowest BCUT2D eigenvalue weighted by Gasteiger charge is -2.26. The molecule has 2 N–H and O–H groups in total. The van der Waals surface area contributed by atoms with E-state index < -0.39 is 23.8 Å². The Balaban J connectivity index is 1.56. The molecule has 0 bridgehead atoms. The molecule has 0 radical (unpaired) electrons. The van der Waals surface area contributed by atoms with Gasteiger partial charge in [0, 0.05) is 10.0 Å². The van der Waals surface area contributed by atoms with Crippen molar-refractivity contribution >= 4 is 57.1 Å². The van der Waals surface area contributed by atoms with Crippen LogP contribution in [0.3, 0.4) is 0 Å². The van der Waals surface area contributed by atoms with Crippen LogP contribution in [0.5, 0.6) is 17.2 Å². The predicted octanol–water partition coefficient (Wildman–Crippen LogP) is 4.54. The van der Waals surface area contributed by atoms with Crippen molar-refractivity contribution in [3.8, 4) is 17.2 Å². The number of methoxy groups -OCH3 is 1. The van der Waals surface area contributed by atoms with Crippen LogP contribution in [0.1, 0.15) is 12.5 Å². The lowest BCUT2D eigenvalue weighted by Crippen LogP contribution is -2.54. The molecule has 1 aliphatic rings. The minimum absolute atomic E-state index is 0.242. The van der Waals surface area contributed by atoms with E-state index in [0.717, 1.165) is 4.90 Å². The summed E-state index contributed by atoms with van der Waals surface area (Å²) in [7, 11) is 1.50. The molecule has 0 atom stereocenters. The highest BCUT2D eigenvalue weighted by Gasteiger charge is 2.37. The minimum atomic E-state index is -0.870. The van der Waals surface area contributed by atoms with E-state index in [2.05, 4.69) is 26.6 Å². The molecule has 39 heavy (non-hydrogen) atoms. The van der Waals surface area contributed by atoms with E-state index in [4.69, 9.17) is 14.2 Å². The molecule has 3 aromatic carbocycles. The Labute approximate surface area is 232 Å². The number of carbonyl (C=O) groups is 4. The Hall–Kier alpha value is -4.64. The second-order valence-electron chi connectivity index (χ2n) is 8.10. The summed E-state index contributed by atoms with van der Waals surface area (Å²) in [6.45, 7) is 1.95. The van der Waals surface area contributed by atoms with Gasteiger partial charge in [-0.2, -0.15) is 0 Å². The number of carbonyl (C=O) groups excluding carboxylic acids is 4. The number of amides is 5. The van der Waals surface area contributed by atoms with E-state index in [1.165, 1.54) is 13.2 Å². The zero-order chi connectivity index (χ0) is 27.9. The van der Waals surface area contributed by atoms with Gasteiger partial charge in [-0.15, -0.1) is 0 Å². The summed E-state index contributed by atoms with van der Waals surface area (Å²) in [5, 5.41) is 4.90. The zero-order valence-electron chi connectivity index (χ0n) is 21.0. The number of halogens is 1. The van der Waals surface area contributed by atoms with Crippen LogP contribution in [0.2, 0.25) is 0 Å². The van der Waals surface area contributed by atoms with Crippen molar-refractivity contribution in [1.29, 1.82) is 0 Å². The summed E-state index contributed by atoms with van der Waals surface area (Å²) in [5.41, 5.74) is 0.798. The van der Waals surface area contributed by atoms with Crippen molar-refractivity contribution in [1.82, 2.24) is 5.32 Å². The van der Waals surface area contributed by atoms with Crippen LogP contribution in [-0.2, 0) is 14.4 Å². The lowest BCUT2D eigenvalue weighted by atomic mass is 10.1. The maximum atomic E-state index is 13.3. The van der Waals surface area contributed by atoms with Gasteiger partial charge in [0.05, 0.1) is 25.1 Å². The molecule has 1 fully saturated rings.